The van der Waals surface area contributed by atoms with Crippen LogP contribution >= 0.6 is 0 Å². The Morgan fingerprint density at radius 3 is 2.23 bits per heavy atom. The van der Waals surface area contributed by atoms with Crippen molar-refractivity contribution in [2.24, 2.45) is 0 Å². The molecule has 0 radical (unpaired) electrons. The Morgan fingerprint density at radius 2 is 1.77 bits per heavy atom. The van der Waals surface area contributed by atoms with Crippen molar-refractivity contribution in [3.63, 3.8) is 0 Å². The molecule has 1 aromatic rings. The number of rotatable bonds is 3. The second-order valence-corrected chi connectivity index (χ2v) is 3.89. The first-order valence-corrected chi connectivity index (χ1v) is 4.86. The first kappa shape index (κ1) is 10.3. The third kappa shape index (κ3) is 2.56. The van der Waals surface area contributed by atoms with E-state index in [9.17, 15) is 5.11 Å². The van der Waals surface area contributed by atoms with Crippen molar-refractivity contribution in [1.82, 2.24) is 0 Å². The molecule has 0 heterocycles. The Kier molecular flexibility index (Phi) is 3.10. The van der Waals surface area contributed by atoms with Gasteiger partial charge in [0.25, 0.3) is 0 Å². The minimum Gasteiger partial charge on any atom is -0.385 e. The van der Waals surface area contributed by atoms with Gasteiger partial charge in [-0.15, -0.1) is 0 Å². The average Bonchev–Trinajstić information content (AvgIpc) is 2.05. The van der Waals surface area contributed by atoms with Crippen molar-refractivity contribution in [3.05, 3.63) is 35.4 Å². The van der Waals surface area contributed by atoms with E-state index >= 15 is 0 Å². The van der Waals surface area contributed by atoms with E-state index in [2.05, 4.69) is 13.8 Å². The number of hydrogen-bond acceptors (Lipinski definition) is 1. The Morgan fingerprint density at radius 1 is 1.23 bits per heavy atom. The predicted molar refractivity (Wildman–Crippen MR) is 55.7 cm³/mol. The third-order valence-electron chi connectivity index (χ3n) is 2.41. The second kappa shape index (κ2) is 3.93. The lowest BCUT2D eigenvalue weighted by molar-refractivity contribution is 0.0470. The Bertz CT molecular complexity index is 259. The largest absolute Gasteiger partial charge is 0.385 e. The zero-order valence-corrected chi connectivity index (χ0v) is 8.67. The molecule has 1 heteroatoms. The van der Waals surface area contributed by atoms with E-state index in [4.69, 9.17) is 0 Å². The molecule has 1 rings (SSSR count). The average molecular weight is 178 g/mol. The molecule has 1 nitrogen and oxygen atoms in total. The van der Waals surface area contributed by atoms with E-state index in [0.29, 0.717) is 0 Å². The monoisotopic (exact) mass is 178 g/mol. The van der Waals surface area contributed by atoms with Crippen LogP contribution in [0.15, 0.2) is 24.3 Å². The number of aryl methyl sites for hydroxylation is 1. The number of hydrogen-bond donors (Lipinski definition) is 1. The normalized spacial score (nSPS) is 15.4. The van der Waals surface area contributed by atoms with Gasteiger partial charge in [0, 0.05) is 0 Å². The van der Waals surface area contributed by atoms with Crippen LogP contribution < -0.4 is 0 Å². The summed E-state index contributed by atoms with van der Waals surface area (Å²) in [7, 11) is 0. The van der Waals surface area contributed by atoms with E-state index in [1.54, 1.807) is 0 Å². The number of benzene rings is 1. The number of aliphatic hydroxyl groups is 1. The summed E-state index contributed by atoms with van der Waals surface area (Å²) in [6.45, 7) is 6.02. The summed E-state index contributed by atoms with van der Waals surface area (Å²) in [5, 5.41) is 10.1. The molecule has 0 aliphatic heterocycles. The van der Waals surface area contributed by atoms with Crippen LogP contribution in [-0.4, -0.2) is 5.11 Å². The lowest BCUT2D eigenvalue weighted by Gasteiger charge is -2.23. The SMILES string of the molecule is CCCC(C)(O)c1ccc(C)cc1. The van der Waals surface area contributed by atoms with Crippen LogP contribution in [0.2, 0.25) is 0 Å². The van der Waals surface area contributed by atoms with Crippen molar-refractivity contribution in [3.8, 4) is 0 Å². The molecular formula is C12H18O. The van der Waals surface area contributed by atoms with Gasteiger partial charge in [-0.05, 0) is 25.8 Å². The first-order valence-electron chi connectivity index (χ1n) is 4.86. The minimum atomic E-state index is -0.664. The van der Waals surface area contributed by atoms with Gasteiger partial charge < -0.3 is 5.11 Å². The molecular weight excluding hydrogens is 160 g/mol. The fourth-order valence-electron chi connectivity index (χ4n) is 1.54. The summed E-state index contributed by atoms with van der Waals surface area (Å²) >= 11 is 0. The van der Waals surface area contributed by atoms with Gasteiger partial charge in [0.1, 0.15) is 0 Å². The van der Waals surface area contributed by atoms with Crippen LogP contribution in [0.25, 0.3) is 0 Å². The zero-order chi connectivity index (χ0) is 9.90. The van der Waals surface area contributed by atoms with E-state index in [1.165, 1.54) is 5.56 Å². The van der Waals surface area contributed by atoms with Gasteiger partial charge in [-0.2, -0.15) is 0 Å². The highest BCUT2D eigenvalue weighted by atomic mass is 16.3. The Balaban J connectivity index is 2.87. The summed E-state index contributed by atoms with van der Waals surface area (Å²) in [6.07, 6.45) is 1.82. The molecule has 0 amide bonds. The molecule has 0 saturated carbocycles. The maximum absolute atomic E-state index is 10.1. The highest BCUT2D eigenvalue weighted by Crippen LogP contribution is 2.25. The van der Waals surface area contributed by atoms with Gasteiger partial charge in [-0.3, -0.25) is 0 Å². The maximum Gasteiger partial charge on any atom is 0.0868 e. The molecule has 1 N–H and O–H groups in total. The highest BCUT2D eigenvalue weighted by Gasteiger charge is 2.20. The van der Waals surface area contributed by atoms with Crippen molar-refractivity contribution < 1.29 is 5.11 Å². The molecule has 0 spiro atoms. The molecule has 1 aromatic carbocycles. The fourth-order valence-corrected chi connectivity index (χ4v) is 1.54. The van der Waals surface area contributed by atoms with Gasteiger partial charge >= 0.3 is 0 Å². The topological polar surface area (TPSA) is 20.2 Å². The molecule has 1 unspecified atom stereocenters. The molecule has 0 aliphatic carbocycles. The summed E-state index contributed by atoms with van der Waals surface area (Å²) in [4.78, 5) is 0. The van der Waals surface area contributed by atoms with Crippen LogP contribution in [0.3, 0.4) is 0 Å². The maximum atomic E-state index is 10.1. The molecule has 0 fully saturated rings. The smallest absolute Gasteiger partial charge is 0.0868 e. The van der Waals surface area contributed by atoms with Crippen molar-refractivity contribution in [2.45, 2.75) is 39.2 Å². The van der Waals surface area contributed by atoms with E-state index in [1.807, 2.05) is 31.2 Å². The van der Waals surface area contributed by atoms with E-state index in [-0.39, 0.29) is 0 Å². The lowest BCUT2D eigenvalue weighted by atomic mass is 9.91. The van der Waals surface area contributed by atoms with Crippen LogP contribution in [-0.2, 0) is 5.60 Å². The van der Waals surface area contributed by atoms with Crippen LogP contribution in [0.1, 0.15) is 37.8 Å². The molecule has 1 atom stereocenters. The summed E-state index contributed by atoms with van der Waals surface area (Å²) in [5.74, 6) is 0. The second-order valence-electron chi connectivity index (χ2n) is 3.89. The van der Waals surface area contributed by atoms with Crippen molar-refractivity contribution in [1.29, 1.82) is 0 Å². The standard InChI is InChI=1S/C12H18O/c1-4-9-12(3,13)11-7-5-10(2)6-8-11/h5-8,13H,4,9H2,1-3H3. The fraction of sp³-hybridized carbons (Fsp3) is 0.500. The quantitative estimate of drug-likeness (QED) is 0.754. The predicted octanol–water partition coefficient (Wildman–Crippen LogP) is 3.00. The van der Waals surface area contributed by atoms with Gasteiger partial charge in [-0.1, -0.05) is 43.2 Å². The Hall–Kier alpha value is -0.820. The van der Waals surface area contributed by atoms with E-state index in [0.717, 1.165) is 18.4 Å². The summed E-state index contributed by atoms with van der Waals surface area (Å²) in [6, 6.07) is 8.09. The first-order chi connectivity index (χ1) is 6.06. The van der Waals surface area contributed by atoms with Crippen LogP contribution in [0.5, 0.6) is 0 Å². The molecule has 0 saturated heterocycles. The molecule has 0 bridgehead atoms. The van der Waals surface area contributed by atoms with Gasteiger partial charge in [0.05, 0.1) is 5.60 Å². The van der Waals surface area contributed by atoms with Crippen LogP contribution in [0, 0.1) is 6.92 Å². The zero-order valence-electron chi connectivity index (χ0n) is 8.67. The Labute approximate surface area is 80.4 Å². The van der Waals surface area contributed by atoms with Gasteiger partial charge in [0.2, 0.25) is 0 Å². The highest BCUT2D eigenvalue weighted by molar-refractivity contribution is 5.25. The van der Waals surface area contributed by atoms with Gasteiger partial charge in [-0.25, -0.2) is 0 Å². The van der Waals surface area contributed by atoms with Crippen molar-refractivity contribution in [2.75, 3.05) is 0 Å². The molecule has 0 aliphatic rings. The van der Waals surface area contributed by atoms with Gasteiger partial charge in [0.15, 0.2) is 0 Å². The minimum absolute atomic E-state index is 0.664. The third-order valence-corrected chi connectivity index (χ3v) is 2.41. The lowest BCUT2D eigenvalue weighted by Crippen LogP contribution is -2.20. The molecule has 13 heavy (non-hydrogen) atoms. The molecule has 72 valence electrons. The van der Waals surface area contributed by atoms with Crippen molar-refractivity contribution >= 4 is 0 Å². The van der Waals surface area contributed by atoms with E-state index < -0.39 is 5.60 Å². The summed E-state index contributed by atoms with van der Waals surface area (Å²) < 4.78 is 0. The van der Waals surface area contributed by atoms with Crippen LogP contribution in [0.4, 0.5) is 0 Å². The summed E-state index contributed by atoms with van der Waals surface area (Å²) in [5.41, 5.74) is 1.58. The molecule has 0 aromatic heterocycles.